The molecule has 0 fully saturated rings. The van der Waals surface area contributed by atoms with Gasteiger partial charge in [-0.15, -0.1) is 22.7 Å². The van der Waals surface area contributed by atoms with Crippen molar-refractivity contribution < 1.29 is 24.2 Å². The fourth-order valence-corrected chi connectivity index (χ4v) is 4.69. The largest absolute Gasteiger partial charge is 0.444 e. The molecule has 0 spiro atoms. The number of ether oxygens (including phenoxy) is 2. The Morgan fingerprint density at radius 2 is 1.64 bits per heavy atom. The van der Waals surface area contributed by atoms with Crippen LogP contribution in [-0.2, 0) is 28.9 Å². The van der Waals surface area contributed by atoms with Crippen LogP contribution in [0.15, 0.2) is 53.7 Å². The van der Waals surface area contributed by atoms with Gasteiger partial charge in [-0.2, -0.15) is 0 Å². The number of carbonyl (C=O) groups is 2. The monoisotopic (exact) mass is 532 g/mol. The number of benzene rings is 1. The highest BCUT2D eigenvalue weighted by atomic mass is 32.1. The van der Waals surface area contributed by atoms with Gasteiger partial charge in [0.15, 0.2) is 0 Å². The predicted molar refractivity (Wildman–Crippen MR) is 139 cm³/mol. The highest BCUT2D eigenvalue weighted by Gasteiger charge is 2.28. The van der Waals surface area contributed by atoms with E-state index in [-0.39, 0.29) is 13.0 Å². The molecule has 3 N–H and O–H groups in total. The standard InChI is InChI=1S/C25H32N4O5S2/c1-25(2,3)34-24(32)29-21(9-17-7-5-4-6-8-17)22(30)11-18(10-19-12-26-15-35-19)28-23(31)33-14-20-13-27-16-36-20/h4-8,12-13,15-16,18,21-22,30H,9-11,14H2,1-3H3,(H,28,31)(H,29,32)/t18-,21+,22+/m1/s1. The minimum atomic E-state index is -0.975. The van der Waals surface area contributed by atoms with Gasteiger partial charge in [0, 0.05) is 29.7 Å². The van der Waals surface area contributed by atoms with Gasteiger partial charge < -0.3 is 25.2 Å². The first kappa shape index (κ1) is 27.6. The second-order valence-electron chi connectivity index (χ2n) is 9.30. The molecule has 3 atom stereocenters. The number of nitrogens with zero attached hydrogens (tertiary/aromatic N) is 2. The summed E-state index contributed by atoms with van der Waals surface area (Å²) in [4.78, 5) is 34.9. The number of rotatable bonds is 11. The quantitative estimate of drug-likeness (QED) is 0.336. The first-order chi connectivity index (χ1) is 17.2. The topological polar surface area (TPSA) is 123 Å². The van der Waals surface area contributed by atoms with Crippen molar-refractivity contribution in [1.29, 1.82) is 0 Å². The van der Waals surface area contributed by atoms with Crippen molar-refractivity contribution in [2.24, 2.45) is 0 Å². The Morgan fingerprint density at radius 1 is 0.972 bits per heavy atom. The van der Waals surface area contributed by atoms with Gasteiger partial charge in [0.05, 0.1) is 28.0 Å². The van der Waals surface area contributed by atoms with Crippen molar-refractivity contribution in [2.45, 2.75) is 70.4 Å². The molecule has 1 aromatic carbocycles. The smallest absolute Gasteiger partial charge is 0.407 e. The van der Waals surface area contributed by atoms with Crippen LogP contribution in [0.1, 0.15) is 42.5 Å². The molecule has 0 radical (unpaired) electrons. The first-order valence-electron chi connectivity index (χ1n) is 11.6. The van der Waals surface area contributed by atoms with Crippen molar-refractivity contribution in [3.8, 4) is 0 Å². The van der Waals surface area contributed by atoms with Crippen LogP contribution in [0, 0.1) is 0 Å². The maximum atomic E-state index is 12.5. The Balaban J connectivity index is 1.69. The molecule has 2 heterocycles. The van der Waals surface area contributed by atoms with Crippen LogP contribution in [0.4, 0.5) is 9.59 Å². The molecule has 2 amide bonds. The number of aromatic nitrogens is 2. The maximum Gasteiger partial charge on any atom is 0.407 e. The lowest BCUT2D eigenvalue weighted by Crippen LogP contribution is -2.49. The van der Waals surface area contributed by atoms with E-state index in [9.17, 15) is 14.7 Å². The summed E-state index contributed by atoms with van der Waals surface area (Å²) < 4.78 is 10.7. The number of carbonyl (C=O) groups excluding carboxylic acids is 2. The minimum Gasteiger partial charge on any atom is -0.444 e. The summed E-state index contributed by atoms with van der Waals surface area (Å²) in [6, 6.07) is 8.48. The number of thiazole rings is 2. The lowest BCUT2D eigenvalue weighted by atomic mass is 9.95. The average molecular weight is 533 g/mol. The van der Waals surface area contributed by atoms with Gasteiger partial charge in [0.1, 0.15) is 12.2 Å². The summed E-state index contributed by atoms with van der Waals surface area (Å²) in [5, 5.41) is 16.9. The van der Waals surface area contributed by atoms with Crippen molar-refractivity contribution in [2.75, 3.05) is 0 Å². The Labute approximate surface area is 218 Å². The Bertz CT molecular complexity index is 1060. The summed E-state index contributed by atoms with van der Waals surface area (Å²) in [5.41, 5.74) is 3.66. The maximum absolute atomic E-state index is 12.5. The van der Waals surface area contributed by atoms with Gasteiger partial charge >= 0.3 is 12.2 Å². The number of hydrogen-bond acceptors (Lipinski definition) is 9. The molecule has 0 saturated carbocycles. The SMILES string of the molecule is CC(C)(C)OC(=O)N[C@@H](Cc1ccccc1)[C@@H](O)C[C@@H](Cc1cncs1)NC(=O)OCc1cncs1. The van der Waals surface area contributed by atoms with Crippen LogP contribution in [0.25, 0.3) is 0 Å². The van der Waals surface area contributed by atoms with E-state index >= 15 is 0 Å². The molecule has 3 aromatic rings. The van der Waals surface area contributed by atoms with Crippen LogP contribution in [-0.4, -0.2) is 51.0 Å². The number of amides is 2. The predicted octanol–water partition coefficient (Wildman–Crippen LogP) is 4.32. The lowest BCUT2D eigenvalue weighted by molar-refractivity contribution is 0.0398. The van der Waals surface area contributed by atoms with Gasteiger partial charge in [-0.25, -0.2) is 9.59 Å². The zero-order valence-corrected chi connectivity index (χ0v) is 22.2. The molecular formula is C25H32N4O5S2. The zero-order chi connectivity index (χ0) is 26.0. The van der Waals surface area contributed by atoms with Crippen molar-refractivity contribution in [3.05, 3.63) is 69.1 Å². The highest BCUT2D eigenvalue weighted by molar-refractivity contribution is 7.09. The third-order valence-corrected chi connectivity index (χ3v) is 6.63. The normalized spacial score (nSPS) is 13.9. The van der Waals surface area contributed by atoms with Gasteiger partial charge in [-0.1, -0.05) is 30.3 Å². The molecule has 0 aliphatic rings. The summed E-state index contributed by atoms with van der Waals surface area (Å²) in [7, 11) is 0. The number of hydrogen-bond donors (Lipinski definition) is 3. The molecule has 0 saturated heterocycles. The summed E-state index contributed by atoms with van der Waals surface area (Å²) >= 11 is 2.86. The number of alkyl carbamates (subject to hydrolysis) is 2. The van der Waals surface area contributed by atoms with Gasteiger partial charge in [0.25, 0.3) is 0 Å². The molecule has 194 valence electrons. The molecule has 0 aliphatic carbocycles. The van der Waals surface area contributed by atoms with Crippen LogP contribution in [0.3, 0.4) is 0 Å². The molecule has 9 nitrogen and oxygen atoms in total. The molecule has 2 aromatic heterocycles. The van der Waals surface area contributed by atoms with E-state index in [0.717, 1.165) is 15.3 Å². The number of nitrogens with one attached hydrogen (secondary N) is 2. The minimum absolute atomic E-state index is 0.114. The molecule has 0 bridgehead atoms. The van der Waals surface area contributed by atoms with E-state index in [0.29, 0.717) is 12.8 Å². The summed E-state index contributed by atoms with van der Waals surface area (Å²) in [5.74, 6) is 0. The second kappa shape index (κ2) is 13.3. The van der Waals surface area contributed by atoms with E-state index in [1.54, 1.807) is 44.2 Å². The number of aliphatic hydroxyl groups excluding tert-OH is 1. The second-order valence-corrected chi connectivity index (χ2v) is 11.2. The van der Waals surface area contributed by atoms with Crippen LogP contribution in [0.2, 0.25) is 0 Å². The van der Waals surface area contributed by atoms with E-state index in [4.69, 9.17) is 9.47 Å². The van der Waals surface area contributed by atoms with E-state index in [2.05, 4.69) is 20.6 Å². The molecule has 36 heavy (non-hydrogen) atoms. The zero-order valence-electron chi connectivity index (χ0n) is 20.5. The third-order valence-electron chi connectivity index (χ3n) is 5.07. The van der Waals surface area contributed by atoms with Crippen LogP contribution >= 0.6 is 22.7 Å². The highest BCUT2D eigenvalue weighted by Crippen LogP contribution is 2.17. The third kappa shape index (κ3) is 9.92. The summed E-state index contributed by atoms with van der Waals surface area (Å²) in [6.45, 7) is 5.45. The Morgan fingerprint density at radius 3 is 2.25 bits per heavy atom. The fraction of sp³-hybridized carbons (Fsp3) is 0.440. The lowest BCUT2D eigenvalue weighted by Gasteiger charge is -2.29. The van der Waals surface area contributed by atoms with Crippen molar-refractivity contribution >= 4 is 34.9 Å². The van der Waals surface area contributed by atoms with Crippen molar-refractivity contribution in [3.63, 3.8) is 0 Å². The number of aliphatic hydroxyl groups is 1. The molecule has 0 unspecified atom stereocenters. The van der Waals surface area contributed by atoms with E-state index in [1.165, 1.54) is 22.7 Å². The molecule has 3 rings (SSSR count). The van der Waals surface area contributed by atoms with Crippen molar-refractivity contribution in [1.82, 2.24) is 20.6 Å². The van der Waals surface area contributed by atoms with E-state index < -0.39 is 36.0 Å². The van der Waals surface area contributed by atoms with Gasteiger partial charge in [-0.05, 0) is 39.2 Å². The molecular weight excluding hydrogens is 500 g/mol. The van der Waals surface area contributed by atoms with Crippen LogP contribution < -0.4 is 10.6 Å². The molecule has 0 aliphatic heterocycles. The molecule has 11 heteroatoms. The van der Waals surface area contributed by atoms with E-state index in [1.807, 2.05) is 30.3 Å². The Kier molecular flexibility index (Phi) is 10.2. The Hall–Kier alpha value is -3.02. The van der Waals surface area contributed by atoms with Crippen LogP contribution in [0.5, 0.6) is 0 Å². The van der Waals surface area contributed by atoms with Gasteiger partial charge in [0.2, 0.25) is 0 Å². The fourth-order valence-electron chi connectivity index (χ4n) is 3.50. The average Bonchev–Trinajstić information content (AvgIpc) is 3.51. The van der Waals surface area contributed by atoms with Gasteiger partial charge in [-0.3, -0.25) is 9.97 Å². The first-order valence-corrected chi connectivity index (χ1v) is 13.3. The summed E-state index contributed by atoms with van der Waals surface area (Å²) in [6.07, 6.45) is 2.23.